The van der Waals surface area contributed by atoms with Gasteiger partial charge in [0.05, 0.1) is 18.4 Å². The van der Waals surface area contributed by atoms with Crippen LogP contribution in [0.3, 0.4) is 0 Å². The molecule has 1 N–H and O–H groups in total. The summed E-state index contributed by atoms with van der Waals surface area (Å²) in [6.45, 7) is 0. The van der Waals surface area contributed by atoms with Gasteiger partial charge in [-0.15, -0.1) is 0 Å². The molecule has 0 bridgehead atoms. The fraction of sp³-hybridized carbons (Fsp3) is 0.0769. The number of hydrogen-bond donors (Lipinski definition) is 1. The van der Waals surface area contributed by atoms with Crippen LogP contribution in [0.2, 0.25) is 0 Å². The number of halogens is 1. The number of nitrogens with zero attached hydrogens (tertiary/aromatic N) is 2. The molecular formula is C13H9FN2O3. The summed E-state index contributed by atoms with van der Waals surface area (Å²) < 4.78 is 20.0. The fourth-order valence-electron chi connectivity index (χ4n) is 1.99. The quantitative estimate of drug-likeness (QED) is 0.785. The Balaban J connectivity index is 2.28. The molecular weight excluding hydrogens is 251 g/mol. The minimum atomic E-state index is -1.01. The van der Waals surface area contributed by atoms with Crippen molar-refractivity contribution < 1.29 is 18.7 Å². The second-order valence-corrected chi connectivity index (χ2v) is 4.03. The number of aliphatic carboxylic acids is 1. The Kier molecular flexibility index (Phi) is 2.56. The highest BCUT2D eigenvalue weighted by Crippen LogP contribution is 2.25. The van der Waals surface area contributed by atoms with Gasteiger partial charge in [-0.3, -0.25) is 9.20 Å². The van der Waals surface area contributed by atoms with Crippen molar-refractivity contribution in [3.05, 3.63) is 48.2 Å². The van der Waals surface area contributed by atoms with Crippen molar-refractivity contribution >= 4 is 11.6 Å². The van der Waals surface area contributed by atoms with E-state index < -0.39 is 11.8 Å². The van der Waals surface area contributed by atoms with Gasteiger partial charge in [-0.1, -0.05) is 0 Å². The normalized spacial score (nSPS) is 11.0. The molecule has 0 atom stereocenters. The molecule has 0 saturated heterocycles. The molecule has 3 aromatic rings. The standard InChI is InChI=1S/C13H9FN2O3/c14-8-3-4-11-15-13(10-2-1-5-19-10)9(6-12(17)18)16(11)7-8/h1-5,7H,6H2,(H,17,18). The maximum Gasteiger partial charge on any atom is 0.309 e. The van der Waals surface area contributed by atoms with Gasteiger partial charge < -0.3 is 9.52 Å². The van der Waals surface area contributed by atoms with Crippen LogP contribution >= 0.6 is 0 Å². The van der Waals surface area contributed by atoms with Crippen molar-refractivity contribution in [2.75, 3.05) is 0 Å². The lowest BCUT2D eigenvalue weighted by atomic mass is 10.2. The molecule has 96 valence electrons. The number of carbonyl (C=O) groups is 1. The van der Waals surface area contributed by atoms with Crippen LogP contribution in [0.5, 0.6) is 0 Å². The molecule has 0 aliphatic heterocycles. The number of carboxylic acid groups (broad SMARTS) is 1. The molecule has 3 rings (SSSR count). The van der Waals surface area contributed by atoms with E-state index in [9.17, 15) is 9.18 Å². The Morgan fingerprint density at radius 2 is 2.26 bits per heavy atom. The lowest BCUT2D eigenvalue weighted by Crippen LogP contribution is -2.04. The van der Waals surface area contributed by atoms with Gasteiger partial charge in [0.15, 0.2) is 5.76 Å². The van der Waals surface area contributed by atoms with E-state index in [0.29, 0.717) is 22.8 Å². The first kappa shape index (κ1) is 11.5. The van der Waals surface area contributed by atoms with Gasteiger partial charge in [0.2, 0.25) is 0 Å². The zero-order valence-electron chi connectivity index (χ0n) is 9.71. The second-order valence-electron chi connectivity index (χ2n) is 4.03. The molecule has 0 unspecified atom stereocenters. The van der Waals surface area contributed by atoms with E-state index in [1.165, 1.54) is 29.0 Å². The Morgan fingerprint density at radius 1 is 1.42 bits per heavy atom. The molecule has 0 fully saturated rings. The van der Waals surface area contributed by atoms with E-state index in [2.05, 4.69) is 4.98 Å². The summed E-state index contributed by atoms with van der Waals surface area (Å²) in [6, 6.07) is 6.14. The fourth-order valence-corrected chi connectivity index (χ4v) is 1.99. The smallest absolute Gasteiger partial charge is 0.309 e. The highest BCUT2D eigenvalue weighted by Gasteiger charge is 2.18. The average Bonchev–Trinajstić information content (AvgIpc) is 2.97. The summed E-state index contributed by atoms with van der Waals surface area (Å²) in [5.41, 5.74) is 1.28. The minimum absolute atomic E-state index is 0.263. The molecule has 3 aromatic heterocycles. The monoisotopic (exact) mass is 260 g/mol. The van der Waals surface area contributed by atoms with Gasteiger partial charge in [-0.25, -0.2) is 9.37 Å². The number of rotatable bonds is 3. The van der Waals surface area contributed by atoms with Gasteiger partial charge in [0, 0.05) is 6.20 Å². The molecule has 0 amide bonds. The summed E-state index contributed by atoms with van der Waals surface area (Å²) >= 11 is 0. The molecule has 0 spiro atoms. The van der Waals surface area contributed by atoms with Crippen LogP contribution in [0.25, 0.3) is 17.1 Å². The summed E-state index contributed by atoms with van der Waals surface area (Å²) in [6.07, 6.45) is 2.43. The Labute approximate surface area is 106 Å². The molecule has 0 saturated carbocycles. The molecule has 3 heterocycles. The van der Waals surface area contributed by atoms with E-state index in [0.717, 1.165) is 0 Å². The van der Waals surface area contributed by atoms with Crippen molar-refractivity contribution in [2.24, 2.45) is 0 Å². The highest BCUT2D eigenvalue weighted by molar-refractivity contribution is 5.74. The molecule has 0 radical (unpaired) electrons. The third kappa shape index (κ3) is 1.97. The SMILES string of the molecule is O=C(O)Cc1c(-c2ccco2)nc2ccc(F)cn12. The van der Waals surface area contributed by atoms with E-state index >= 15 is 0 Å². The summed E-state index contributed by atoms with van der Waals surface area (Å²) in [5, 5.41) is 8.97. The molecule has 5 nitrogen and oxygen atoms in total. The predicted molar refractivity (Wildman–Crippen MR) is 64.2 cm³/mol. The lowest BCUT2D eigenvalue weighted by molar-refractivity contribution is -0.136. The number of pyridine rings is 1. The summed E-state index contributed by atoms with van der Waals surface area (Å²) in [7, 11) is 0. The van der Waals surface area contributed by atoms with Crippen molar-refractivity contribution in [3.63, 3.8) is 0 Å². The van der Waals surface area contributed by atoms with Crippen LogP contribution in [0, 0.1) is 5.82 Å². The largest absolute Gasteiger partial charge is 0.481 e. The molecule has 0 aliphatic rings. The molecule has 0 aliphatic carbocycles. The first-order valence-electron chi connectivity index (χ1n) is 5.57. The Morgan fingerprint density at radius 3 is 2.95 bits per heavy atom. The van der Waals surface area contributed by atoms with Crippen molar-refractivity contribution in [1.82, 2.24) is 9.38 Å². The number of furan rings is 1. The molecule has 6 heteroatoms. The maximum absolute atomic E-state index is 13.3. The number of carboxylic acids is 1. The van der Waals surface area contributed by atoms with Crippen LogP contribution < -0.4 is 0 Å². The lowest BCUT2D eigenvalue weighted by Gasteiger charge is -2.00. The molecule has 19 heavy (non-hydrogen) atoms. The van der Waals surface area contributed by atoms with Crippen LogP contribution in [0.15, 0.2) is 41.1 Å². The van der Waals surface area contributed by atoms with Crippen LogP contribution in [0.1, 0.15) is 5.69 Å². The zero-order chi connectivity index (χ0) is 13.4. The summed E-state index contributed by atoms with van der Waals surface area (Å²) in [5.74, 6) is -1.01. The third-order valence-electron chi connectivity index (χ3n) is 2.75. The highest BCUT2D eigenvalue weighted by atomic mass is 19.1. The topological polar surface area (TPSA) is 67.7 Å². The van der Waals surface area contributed by atoms with Gasteiger partial charge in [0.1, 0.15) is 17.2 Å². The minimum Gasteiger partial charge on any atom is -0.481 e. The van der Waals surface area contributed by atoms with Crippen molar-refractivity contribution in [1.29, 1.82) is 0 Å². The maximum atomic E-state index is 13.3. The zero-order valence-corrected chi connectivity index (χ0v) is 9.71. The van der Waals surface area contributed by atoms with E-state index in [-0.39, 0.29) is 6.42 Å². The van der Waals surface area contributed by atoms with Crippen LogP contribution in [-0.4, -0.2) is 20.5 Å². The van der Waals surface area contributed by atoms with E-state index in [1.54, 1.807) is 12.1 Å². The Bertz CT molecular complexity index is 747. The predicted octanol–water partition coefficient (Wildman–Crippen LogP) is 2.36. The van der Waals surface area contributed by atoms with Crippen LogP contribution in [0.4, 0.5) is 4.39 Å². The number of aromatic nitrogens is 2. The van der Waals surface area contributed by atoms with Gasteiger partial charge in [0.25, 0.3) is 0 Å². The van der Waals surface area contributed by atoms with E-state index in [1.807, 2.05) is 0 Å². The number of fused-ring (bicyclic) bond motifs is 1. The number of imidazole rings is 1. The van der Waals surface area contributed by atoms with Crippen molar-refractivity contribution in [2.45, 2.75) is 6.42 Å². The third-order valence-corrected chi connectivity index (χ3v) is 2.75. The Hall–Kier alpha value is -2.63. The molecule has 0 aromatic carbocycles. The summed E-state index contributed by atoms with van der Waals surface area (Å²) in [4.78, 5) is 15.2. The first-order chi connectivity index (χ1) is 9.15. The van der Waals surface area contributed by atoms with Crippen LogP contribution in [-0.2, 0) is 11.2 Å². The van der Waals surface area contributed by atoms with Gasteiger partial charge in [-0.05, 0) is 24.3 Å². The van der Waals surface area contributed by atoms with E-state index in [4.69, 9.17) is 9.52 Å². The van der Waals surface area contributed by atoms with Crippen molar-refractivity contribution in [3.8, 4) is 11.5 Å². The van der Waals surface area contributed by atoms with Gasteiger partial charge >= 0.3 is 5.97 Å². The first-order valence-corrected chi connectivity index (χ1v) is 5.57. The van der Waals surface area contributed by atoms with Gasteiger partial charge in [-0.2, -0.15) is 0 Å². The second kappa shape index (κ2) is 4.24. The average molecular weight is 260 g/mol. The number of hydrogen-bond acceptors (Lipinski definition) is 3.